The Balaban J connectivity index is 2.25. The van der Waals surface area contributed by atoms with Crippen LogP contribution in [0.4, 0.5) is 0 Å². The summed E-state index contributed by atoms with van der Waals surface area (Å²) >= 11 is 1.51. The number of aromatic nitrogens is 2. The average molecular weight is 376 g/mol. The molecule has 0 spiro atoms. The molecule has 0 aliphatic carbocycles. The Morgan fingerprint density at radius 3 is 2.46 bits per heavy atom. The average Bonchev–Trinajstić information content (AvgIpc) is 3.04. The minimum Gasteiger partial charge on any atom is -0.465 e. The lowest BCUT2D eigenvalue weighted by Gasteiger charge is -2.13. The third-order valence-corrected chi connectivity index (χ3v) is 4.75. The molecule has 0 saturated heterocycles. The zero-order valence-electron chi connectivity index (χ0n) is 15.5. The zero-order chi connectivity index (χ0) is 19.1. The maximum atomic E-state index is 12.6. The summed E-state index contributed by atoms with van der Waals surface area (Å²) in [5.41, 5.74) is 1.90. The SMILES string of the molecule is CCSc1ncn(Cc2ccc(C(=O)OC)cc2)c1C(=O)OC(C)CC. The highest BCUT2D eigenvalue weighted by Crippen LogP contribution is 2.23. The van der Waals surface area contributed by atoms with Crippen LogP contribution in [0.5, 0.6) is 0 Å². The van der Waals surface area contributed by atoms with E-state index in [1.54, 1.807) is 23.0 Å². The van der Waals surface area contributed by atoms with Crippen molar-refractivity contribution in [1.82, 2.24) is 9.55 Å². The first-order valence-corrected chi connectivity index (χ1v) is 9.54. The molecule has 0 radical (unpaired) electrons. The van der Waals surface area contributed by atoms with Crippen molar-refractivity contribution >= 4 is 23.7 Å². The minimum absolute atomic E-state index is 0.148. The van der Waals surface area contributed by atoms with Crippen LogP contribution in [0.3, 0.4) is 0 Å². The largest absolute Gasteiger partial charge is 0.465 e. The van der Waals surface area contributed by atoms with Crippen molar-refractivity contribution < 1.29 is 19.1 Å². The Morgan fingerprint density at radius 2 is 1.88 bits per heavy atom. The molecule has 0 aliphatic rings. The molecule has 1 heterocycles. The first-order chi connectivity index (χ1) is 12.5. The second-order valence-electron chi connectivity index (χ2n) is 5.77. The molecular weight excluding hydrogens is 352 g/mol. The Bertz CT molecular complexity index is 755. The highest BCUT2D eigenvalue weighted by Gasteiger charge is 2.22. The molecule has 2 rings (SSSR count). The lowest BCUT2D eigenvalue weighted by atomic mass is 10.1. The van der Waals surface area contributed by atoms with Gasteiger partial charge in [-0.25, -0.2) is 14.6 Å². The molecule has 1 atom stereocenters. The molecular formula is C19H24N2O4S. The van der Waals surface area contributed by atoms with Crippen LogP contribution in [-0.2, 0) is 16.0 Å². The van der Waals surface area contributed by atoms with E-state index in [4.69, 9.17) is 9.47 Å². The van der Waals surface area contributed by atoms with E-state index in [0.717, 1.165) is 17.7 Å². The molecule has 0 amide bonds. The molecule has 0 saturated carbocycles. The fraction of sp³-hybridized carbons (Fsp3) is 0.421. The van der Waals surface area contributed by atoms with Gasteiger partial charge in [0.1, 0.15) is 5.03 Å². The lowest BCUT2D eigenvalue weighted by Crippen LogP contribution is -2.18. The number of hydrogen-bond acceptors (Lipinski definition) is 6. The second-order valence-corrected chi connectivity index (χ2v) is 7.02. The number of thioether (sulfide) groups is 1. The van der Waals surface area contributed by atoms with Gasteiger partial charge in [0, 0.05) is 6.54 Å². The summed E-state index contributed by atoms with van der Waals surface area (Å²) in [5.74, 6) is 0.0756. The number of hydrogen-bond donors (Lipinski definition) is 0. The summed E-state index contributed by atoms with van der Waals surface area (Å²) < 4.78 is 12.0. The van der Waals surface area contributed by atoms with Crippen molar-refractivity contribution in [3.05, 3.63) is 47.4 Å². The molecule has 1 aromatic heterocycles. The topological polar surface area (TPSA) is 70.4 Å². The van der Waals surface area contributed by atoms with Crippen molar-refractivity contribution in [3.8, 4) is 0 Å². The van der Waals surface area contributed by atoms with E-state index in [9.17, 15) is 9.59 Å². The molecule has 0 N–H and O–H groups in total. The van der Waals surface area contributed by atoms with Crippen LogP contribution in [0.15, 0.2) is 35.6 Å². The smallest absolute Gasteiger partial charge is 0.358 e. The van der Waals surface area contributed by atoms with Crippen molar-refractivity contribution in [1.29, 1.82) is 0 Å². The number of ether oxygens (including phenoxy) is 2. The van der Waals surface area contributed by atoms with Crippen LogP contribution >= 0.6 is 11.8 Å². The van der Waals surface area contributed by atoms with Gasteiger partial charge in [0.05, 0.1) is 25.1 Å². The maximum absolute atomic E-state index is 12.6. The molecule has 0 bridgehead atoms. The number of imidazole rings is 1. The van der Waals surface area contributed by atoms with Gasteiger partial charge >= 0.3 is 11.9 Å². The Kier molecular flexibility index (Phi) is 7.26. The monoisotopic (exact) mass is 376 g/mol. The summed E-state index contributed by atoms with van der Waals surface area (Å²) in [7, 11) is 1.35. The normalized spacial score (nSPS) is 11.8. The number of carbonyl (C=O) groups excluding carboxylic acids is 2. The van der Waals surface area contributed by atoms with Gasteiger partial charge in [0.2, 0.25) is 0 Å². The van der Waals surface area contributed by atoms with Crippen molar-refractivity contribution in [2.75, 3.05) is 12.9 Å². The molecule has 2 aromatic rings. The van der Waals surface area contributed by atoms with Crippen LogP contribution in [0.2, 0.25) is 0 Å². The Hall–Kier alpha value is -2.28. The number of rotatable bonds is 8. The van der Waals surface area contributed by atoms with Crippen LogP contribution in [0.1, 0.15) is 53.6 Å². The maximum Gasteiger partial charge on any atom is 0.358 e. The van der Waals surface area contributed by atoms with E-state index in [1.165, 1.54) is 18.9 Å². The standard InChI is InChI=1S/C19H24N2O4S/c1-5-13(3)25-19(23)16-17(26-6-2)20-12-21(16)11-14-7-9-15(10-8-14)18(22)24-4/h7-10,12-13H,5-6,11H2,1-4H3. The van der Waals surface area contributed by atoms with Crippen molar-refractivity contribution in [3.63, 3.8) is 0 Å². The van der Waals surface area contributed by atoms with Gasteiger partial charge < -0.3 is 14.0 Å². The van der Waals surface area contributed by atoms with Gasteiger partial charge in [-0.3, -0.25) is 0 Å². The second kappa shape index (κ2) is 9.43. The number of methoxy groups -OCH3 is 1. The van der Waals surface area contributed by atoms with Gasteiger partial charge in [-0.2, -0.15) is 0 Å². The number of carbonyl (C=O) groups is 2. The quantitative estimate of drug-likeness (QED) is 0.516. The van der Waals surface area contributed by atoms with E-state index in [0.29, 0.717) is 22.8 Å². The van der Waals surface area contributed by atoms with Crippen molar-refractivity contribution in [2.24, 2.45) is 0 Å². The van der Waals surface area contributed by atoms with E-state index in [1.807, 2.05) is 32.9 Å². The fourth-order valence-electron chi connectivity index (χ4n) is 2.31. The Morgan fingerprint density at radius 1 is 1.19 bits per heavy atom. The van der Waals surface area contributed by atoms with Crippen LogP contribution in [0.25, 0.3) is 0 Å². The zero-order valence-corrected chi connectivity index (χ0v) is 16.3. The van der Waals surface area contributed by atoms with E-state index >= 15 is 0 Å². The highest BCUT2D eigenvalue weighted by atomic mass is 32.2. The molecule has 6 nitrogen and oxygen atoms in total. The molecule has 0 aliphatic heterocycles. The van der Waals surface area contributed by atoms with Gasteiger partial charge in [0.25, 0.3) is 0 Å². The predicted octanol–water partition coefficient (Wildman–Crippen LogP) is 3.79. The molecule has 140 valence electrons. The number of esters is 2. The first kappa shape index (κ1) is 20.0. The molecule has 26 heavy (non-hydrogen) atoms. The van der Waals surface area contributed by atoms with Gasteiger partial charge in [0.15, 0.2) is 5.69 Å². The number of benzene rings is 1. The summed E-state index contributed by atoms with van der Waals surface area (Å²) in [6.07, 6.45) is 2.26. The van der Waals surface area contributed by atoms with Crippen molar-refractivity contribution in [2.45, 2.75) is 44.9 Å². The fourth-order valence-corrected chi connectivity index (χ4v) is 3.05. The summed E-state index contributed by atoms with van der Waals surface area (Å²) in [6.45, 7) is 6.32. The summed E-state index contributed by atoms with van der Waals surface area (Å²) in [5, 5.41) is 0.673. The molecule has 1 unspecified atom stereocenters. The summed E-state index contributed by atoms with van der Waals surface area (Å²) in [6, 6.07) is 7.08. The molecule has 0 fully saturated rings. The molecule has 7 heteroatoms. The first-order valence-electron chi connectivity index (χ1n) is 8.56. The molecule has 1 aromatic carbocycles. The van der Waals surface area contributed by atoms with Crippen LogP contribution in [0, 0.1) is 0 Å². The minimum atomic E-state index is -0.376. The van der Waals surface area contributed by atoms with E-state index < -0.39 is 0 Å². The third-order valence-electron chi connectivity index (χ3n) is 3.89. The lowest BCUT2D eigenvalue weighted by molar-refractivity contribution is 0.0317. The summed E-state index contributed by atoms with van der Waals surface area (Å²) in [4.78, 5) is 28.5. The van der Waals surface area contributed by atoms with Crippen LogP contribution in [-0.4, -0.2) is 40.5 Å². The third kappa shape index (κ3) is 4.88. The highest BCUT2D eigenvalue weighted by molar-refractivity contribution is 7.99. The van der Waals surface area contributed by atoms with E-state index in [-0.39, 0.29) is 18.0 Å². The van der Waals surface area contributed by atoms with Gasteiger partial charge in [-0.05, 0) is 36.8 Å². The van der Waals surface area contributed by atoms with Gasteiger partial charge in [-0.15, -0.1) is 11.8 Å². The Labute approximate surface area is 157 Å². The number of nitrogens with zero attached hydrogens (tertiary/aromatic N) is 2. The van der Waals surface area contributed by atoms with Gasteiger partial charge in [-0.1, -0.05) is 26.0 Å². The van der Waals surface area contributed by atoms with E-state index in [2.05, 4.69) is 4.98 Å². The van der Waals surface area contributed by atoms with Crippen LogP contribution < -0.4 is 0 Å². The predicted molar refractivity (Wildman–Crippen MR) is 101 cm³/mol.